The molecule has 1 N–H and O–H groups in total. The smallest absolute Gasteiger partial charge is 0.249 e. The maximum Gasteiger partial charge on any atom is 0.249 e. The first-order valence-electron chi connectivity index (χ1n) is 9.69. The number of nitrogens with zero attached hydrogens (tertiary/aromatic N) is 3. The summed E-state index contributed by atoms with van der Waals surface area (Å²) in [5, 5.41) is 13.1. The lowest BCUT2D eigenvalue weighted by atomic mass is 9.48. The van der Waals surface area contributed by atoms with Crippen LogP contribution in [0.2, 0.25) is 0 Å². The second-order valence-corrected chi connectivity index (χ2v) is 9.78. The summed E-state index contributed by atoms with van der Waals surface area (Å²) in [7, 11) is 0. The van der Waals surface area contributed by atoms with Crippen LogP contribution in [0, 0.1) is 34.5 Å². The Balaban J connectivity index is 1.36. The van der Waals surface area contributed by atoms with E-state index >= 15 is 0 Å². The van der Waals surface area contributed by atoms with Crippen molar-refractivity contribution >= 4 is 23.5 Å². The highest BCUT2D eigenvalue weighted by Gasteiger charge is 2.51. The highest BCUT2D eigenvalue weighted by molar-refractivity contribution is 7.99. The topological polar surface area (TPSA) is 70.7 Å². The highest BCUT2D eigenvalue weighted by atomic mass is 32.2. The van der Waals surface area contributed by atoms with Gasteiger partial charge in [0.15, 0.2) is 16.7 Å². The van der Waals surface area contributed by atoms with Gasteiger partial charge >= 0.3 is 0 Å². The normalized spacial score (nSPS) is 34.6. The fourth-order valence-corrected chi connectivity index (χ4v) is 7.23. The van der Waals surface area contributed by atoms with Gasteiger partial charge in [0.1, 0.15) is 6.07 Å². The molecule has 136 valence electrons. The third-order valence-corrected chi connectivity index (χ3v) is 8.01. The van der Waals surface area contributed by atoms with Gasteiger partial charge in [0.25, 0.3) is 0 Å². The zero-order valence-corrected chi connectivity index (χ0v) is 15.9. The first-order chi connectivity index (χ1) is 12.6. The molecule has 1 aromatic rings. The van der Waals surface area contributed by atoms with E-state index in [9.17, 15) is 10.1 Å². The van der Waals surface area contributed by atoms with Gasteiger partial charge in [-0.1, -0.05) is 17.3 Å². The van der Waals surface area contributed by atoms with Crippen LogP contribution in [0.1, 0.15) is 51.1 Å². The van der Waals surface area contributed by atoms with Crippen molar-refractivity contribution in [2.24, 2.45) is 23.2 Å². The number of aromatic nitrogens is 2. The van der Waals surface area contributed by atoms with Crippen LogP contribution in [0.15, 0.2) is 16.8 Å². The molecule has 5 aliphatic rings. The van der Waals surface area contributed by atoms with Crippen molar-refractivity contribution in [2.45, 2.75) is 57.1 Å². The molecule has 1 aromatic heterocycles. The van der Waals surface area contributed by atoms with Crippen LogP contribution in [0.4, 0.5) is 5.82 Å². The number of imidazole rings is 1. The molecule has 4 bridgehead atoms. The monoisotopic (exact) mass is 368 g/mol. The molecule has 6 heteroatoms. The second-order valence-electron chi connectivity index (χ2n) is 8.72. The zero-order valence-electron chi connectivity index (χ0n) is 15.1. The third kappa shape index (κ3) is 2.51. The summed E-state index contributed by atoms with van der Waals surface area (Å²) in [6.07, 6.45) is 9.77. The van der Waals surface area contributed by atoms with Gasteiger partial charge in [0, 0.05) is 18.4 Å². The highest BCUT2D eigenvalue weighted by Crippen LogP contribution is 2.62. The van der Waals surface area contributed by atoms with E-state index < -0.39 is 0 Å². The Morgan fingerprint density at radius 1 is 1.31 bits per heavy atom. The number of anilines is 1. The van der Waals surface area contributed by atoms with Crippen molar-refractivity contribution in [2.75, 3.05) is 11.1 Å². The molecule has 1 amide bonds. The van der Waals surface area contributed by atoms with E-state index in [1.807, 2.05) is 4.57 Å². The Labute approximate surface area is 158 Å². The van der Waals surface area contributed by atoms with Gasteiger partial charge in [-0.05, 0) is 68.6 Å². The zero-order chi connectivity index (χ0) is 17.9. The minimum absolute atomic E-state index is 0.142. The van der Waals surface area contributed by atoms with Crippen LogP contribution in [-0.2, 0) is 11.3 Å². The summed E-state index contributed by atoms with van der Waals surface area (Å²) in [6, 6.07) is 2.19. The molecule has 0 unspecified atom stereocenters. The lowest BCUT2D eigenvalue weighted by Crippen LogP contribution is -2.46. The van der Waals surface area contributed by atoms with Crippen molar-refractivity contribution in [3.05, 3.63) is 17.3 Å². The number of carbonyl (C=O) groups is 1. The number of rotatable bonds is 3. The quantitative estimate of drug-likeness (QED) is 0.820. The molecule has 0 atom stereocenters. The van der Waals surface area contributed by atoms with Gasteiger partial charge in [0.05, 0.1) is 0 Å². The Kier molecular flexibility index (Phi) is 3.72. The van der Waals surface area contributed by atoms with Gasteiger partial charge in [0.2, 0.25) is 5.91 Å². The van der Waals surface area contributed by atoms with Gasteiger partial charge in [-0.15, -0.1) is 0 Å². The number of nitrogens with one attached hydrogen (secondary N) is 1. The van der Waals surface area contributed by atoms with Crippen LogP contribution in [0.5, 0.6) is 0 Å². The molecule has 5 nitrogen and oxygen atoms in total. The minimum Gasteiger partial charge on any atom is -0.308 e. The number of hydrogen-bond acceptors (Lipinski definition) is 4. The lowest BCUT2D eigenvalue weighted by molar-refractivity contribution is -0.112. The lowest BCUT2D eigenvalue weighted by Gasteiger charge is -2.57. The van der Waals surface area contributed by atoms with Gasteiger partial charge in [-0.3, -0.25) is 4.79 Å². The van der Waals surface area contributed by atoms with Gasteiger partial charge in [-0.2, -0.15) is 5.26 Å². The Morgan fingerprint density at radius 3 is 2.58 bits per heavy atom. The van der Waals surface area contributed by atoms with Crippen molar-refractivity contribution in [3.63, 3.8) is 0 Å². The fourth-order valence-electron chi connectivity index (χ4n) is 6.27. The summed E-state index contributed by atoms with van der Waals surface area (Å²) in [5.41, 5.74) is 1.95. The van der Waals surface area contributed by atoms with Crippen LogP contribution < -0.4 is 5.32 Å². The molecule has 4 aliphatic carbocycles. The van der Waals surface area contributed by atoms with Crippen molar-refractivity contribution < 1.29 is 4.79 Å². The second kappa shape index (κ2) is 5.88. The molecule has 0 spiro atoms. The molecule has 26 heavy (non-hydrogen) atoms. The van der Waals surface area contributed by atoms with Gasteiger partial charge in [-0.25, -0.2) is 4.98 Å². The molecular weight excluding hydrogens is 344 g/mol. The Morgan fingerprint density at radius 2 is 1.96 bits per heavy atom. The summed E-state index contributed by atoms with van der Waals surface area (Å²) < 4.78 is 1.90. The van der Waals surface area contributed by atoms with Crippen LogP contribution in [0.25, 0.3) is 0 Å². The first kappa shape index (κ1) is 16.4. The maximum atomic E-state index is 12.7. The largest absolute Gasteiger partial charge is 0.308 e. The van der Waals surface area contributed by atoms with Crippen LogP contribution in [0.3, 0.4) is 0 Å². The van der Waals surface area contributed by atoms with E-state index in [2.05, 4.69) is 23.3 Å². The molecule has 0 radical (unpaired) electrons. The number of allylic oxidation sites excluding steroid dienone is 1. The first-order valence-corrected chi connectivity index (χ1v) is 10.7. The van der Waals surface area contributed by atoms with Crippen molar-refractivity contribution in [3.8, 4) is 6.07 Å². The van der Waals surface area contributed by atoms with E-state index in [1.165, 1.54) is 44.1 Å². The molecule has 4 fully saturated rings. The molecule has 6 rings (SSSR count). The molecule has 2 heterocycles. The van der Waals surface area contributed by atoms with E-state index in [0.29, 0.717) is 11.5 Å². The predicted octanol–water partition coefficient (Wildman–Crippen LogP) is 3.96. The Bertz CT molecular complexity index is 811. The standard InChI is InChI=1S/C20H24N4OS/c1-12(20-8-13-5-14(9-20)7-15(6-13)10-20)4-17(25)22-18-16(11-21)24-2-3-26-19(24)23-18/h4,13-15H,2-3,5-10H2,1H3,(H,22,25). The molecule has 1 aliphatic heterocycles. The molecule has 4 saturated carbocycles. The third-order valence-electron chi connectivity index (χ3n) is 7.05. The number of hydrogen-bond donors (Lipinski definition) is 1. The fraction of sp³-hybridized carbons (Fsp3) is 0.650. The Hall–Kier alpha value is -1.74. The van der Waals surface area contributed by atoms with Crippen molar-refractivity contribution in [1.82, 2.24) is 9.55 Å². The van der Waals surface area contributed by atoms with E-state index in [1.54, 1.807) is 17.8 Å². The number of carbonyl (C=O) groups excluding carboxylic acids is 1. The number of nitriles is 1. The molecular formula is C20H24N4OS. The summed E-state index contributed by atoms with van der Waals surface area (Å²) >= 11 is 1.63. The number of fused-ring (bicyclic) bond motifs is 1. The minimum atomic E-state index is -0.142. The summed E-state index contributed by atoms with van der Waals surface area (Å²) in [4.78, 5) is 17.1. The van der Waals surface area contributed by atoms with Crippen LogP contribution >= 0.6 is 11.8 Å². The number of amides is 1. The van der Waals surface area contributed by atoms with E-state index in [-0.39, 0.29) is 11.3 Å². The number of thioether (sulfide) groups is 1. The summed E-state index contributed by atoms with van der Waals surface area (Å²) in [5.74, 6) is 3.81. The SMILES string of the molecule is CC(=CC(=O)Nc1nc2n(c1C#N)CCS2)C12CC3CC(CC(C3)C1)C2. The van der Waals surface area contributed by atoms with E-state index in [4.69, 9.17) is 0 Å². The average Bonchev–Trinajstić information content (AvgIpc) is 3.13. The summed E-state index contributed by atoms with van der Waals surface area (Å²) in [6.45, 7) is 2.93. The van der Waals surface area contributed by atoms with Crippen molar-refractivity contribution in [1.29, 1.82) is 5.26 Å². The van der Waals surface area contributed by atoms with Crippen LogP contribution in [-0.4, -0.2) is 21.2 Å². The average molecular weight is 369 g/mol. The predicted molar refractivity (Wildman–Crippen MR) is 101 cm³/mol. The molecule has 0 aromatic carbocycles. The maximum absolute atomic E-state index is 12.7. The van der Waals surface area contributed by atoms with Gasteiger partial charge < -0.3 is 9.88 Å². The van der Waals surface area contributed by atoms with E-state index in [0.717, 1.165) is 35.2 Å². The molecule has 0 saturated heterocycles.